The molecular weight excluding hydrogens is 332 g/mol. The van der Waals surface area contributed by atoms with Gasteiger partial charge < -0.3 is 9.47 Å². The normalized spacial score (nSPS) is 23.0. The second-order valence-electron chi connectivity index (χ2n) is 8.23. The number of nitrogens with zero attached hydrogens (tertiary/aromatic N) is 1. The number of carbonyl (C=O) groups excluding carboxylic acids is 2. The van der Waals surface area contributed by atoms with Crippen molar-refractivity contribution in [1.82, 2.24) is 10.2 Å². The Balaban J connectivity index is 1.68. The van der Waals surface area contributed by atoms with E-state index in [0.717, 1.165) is 37.1 Å². The second-order valence-corrected chi connectivity index (χ2v) is 8.23. The molecule has 26 heavy (non-hydrogen) atoms. The van der Waals surface area contributed by atoms with E-state index in [0.29, 0.717) is 12.8 Å². The highest BCUT2D eigenvalue weighted by Crippen LogP contribution is 2.36. The molecule has 6 nitrogen and oxygen atoms in total. The zero-order valence-corrected chi connectivity index (χ0v) is 16.1. The lowest BCUT2D eigenvalue weighted by Crippen LogP contribution is -2.29. The molecule has 2 unspecified atom stereocenters. The van der Waals surface area contributed by atoms with Gasteiger partial charge in [0.1, 0.15) is 5.60 Å². The van der Waals surface area contributed by atoms with E-state index in [9.17, 15) is 9.59 Å². The Morgan fingerprint density at radius 3 is 2.50 bits per heavy atom. The molecule has 0 bridgehead atoms. The third-order valence-electron chi connectivity index (χ3n) is 5.14. The van der Waals surface area contributed by atoms with E-state index in [1.54, 1.807) is 0 Å². The zero-order valence-electron chi connectivity index (χ0n) is 16.1. The van der Waals surface area contributed by atoms with Crippen LogP contribution in [0.5, 0.6) is 0 Å². The Bertz CT molecular complexity index is 727. The lowest BCUT2D eigenvalue weighted by atomic mass is 9.83. The minimum atomic E-state index is -0.446. The summed E-state index contributed by atoms with van der Waals surface area (Å²) >= 11 is 0. The summed E-state index contributed by atoms with van der Waals surface area (Å²) in [5.74, 6) is -0.421. The molecule has 0 saturated carbocycles. The van der Waals surface area contributed by atoms with Gasteiger partial charge in [0.25, 0.3) is 0 Å². The fourth-order valence-electron chi connectivity index (χ4n) is 3.79. The molecule has 0 amide bonds. The van der Waals surface area contributed by atoms with Crippen LogP contribution in [-0.2, 0) is 31.9 Å². The van der Waals surface area contributed by atoms with Crippen LogP contribution in [0.4, 0.5) is 0 Å². The molecule has 1 heterocycles. The molecular formula is C20H28N2O4. The number of allylic oxidation sites excluding steroid dienone is 2. The van der Waals surface area contributed by atoms with Crippen LogP contribution >= 0.6 is 0 Å². The van der Waals surface area contributed by atoms with Crippen LogP contribution in [0.3, 0.4) is 0 Å². The van der Waals surface area contributed by atoms with E-state index in [-0.39, 0.29) is 23.8 Å². The average molecular weight is 360 g/mol. The van der Waals surface area contributed by atoms with E-state index in [2.05, 4.69) is 16.3 Å². The quantitative estimate of drug-likeness (QED) is 0.837. The Morgan fingerprint density at radius 1 is 1.15 bits per heavy atom. The summed E-state index contributed by atoms with van der Waals surface area (Å²) in [4.78, 5) is 24.0. The summed E-state index contributed by atoms with van der Waals surface area (Å²) in [7, 11) is 1.43. The maximum Gasteiger partial charge on any atom is 0.309 e. The molecule has 0 aromatic carbocycles. The molecule has 1 aromatic rings. The largest absolute Gasteiger partial charge is 0.469 e. The van der Waals surface area contributed by atoms with E-state index in [1.165, 1.54) is 18.2 Å². The van der Waals surface area contributed by atoms with Crippen molar-refractivity contribution in [2.45, 2.75) is 64.9 Å². The van der Waals surface area contributed by atoms with Crippen LogP contribution < -0.4 is 0 Å². The summed E-state index contributed by atoms with van der Waals surface area (Å²) in [6.45, 7) is 5.69. The Morgan fingerprint density at radius 2 is 1.88 bits per heavy atom. The summed E-state index contributed by atoms with van der Waals surface area (Å²) < 4.78 is 10.4. The number of hydrogen-bond donors (Lipinski definition) is 1. The minimum absolute atomic E-state index is 0.0727. The molecule has 2 aliphatic carbocycles. The number of methoxy groups -OCH3 is 1. The van der Waals surface area contributed by atoms with Gasteiger partial charge in [-0.05, 0) is 58.4 Å². The summed E-state index contributed by atoms with van der Waals surface area (Å²) in [5.41, 5.74) is 4.01. The monoisotopic (exact) mass is 360 g/mol. The maximum absolute atomic E-state index is 12.3. The molecule has 1 aromatic heterocycles. The first-order chi connectivity index (χ1) is 12.3. The number of aromatic nitrogens is 2. The highest BCUT2D eigenvalue weighted by molar-refractivity contribution is 5.76. The molecule has 0 spiro atoms. The first kappa shape index (κ1) is 18.7. The van der Waals surface area contributed by atoms with Gasteiger partial charge in [-0.25, -0.2) is 0 Å². The van der Waals surface area contributed by atoms with Crippen molar-refractivity contribution in [1.29, 1.82) is 0 Å². The summed E-state index contributed by atoms with van der Waals surface area (Å²) in [6.07, 6.45) is 6.70. The molecule has 0 radical (unpaired) electrons. The van der Waals surface area contributed by atoms with Crippen molar-refractivity contribution < 1.29 is 19.1 Å². The molecule has 142 valence electrons. The van der Waals surface area contributed by atoms with Gasteiger partial charge in [-0.15, -0.1) is 0 Å². The fourth-order valence-corrected chi connectivity index (χ4v) is 3.79. The number of fused-ring (bicyclic) bond motifs is 1. The predicted octanol–water partition coefficient (Wildman–Crippen LogP) is 3.21. The molecule has 0 fully saturated rings. The van der Waals surface area contributed by atoms with Crippen LogP contribution in [0.1, 0.15) is 63.4 Å². The number of rotatable bonds is 3. The molecule has 0 saturated heterocycles. The van der Waals surface area contributed by atoms with Gasteiger partial charge in [0, 0.05) is 17.7 Å². The number of nitrogens with one attached hydrogen (secondary N) is 1. The smallest absolute Gasteiger partial charge is 0.309 e. The first-order valence-electron chi connectivity index (χ1n) is 9.34. The Labute approximate surface area is 154 Å². The highest BCUT2D eigenvalue weighted by atomic mass is 16.6. The second kappa shape index (κ2) is 7.25. The van der Waals surface area contributed by atoms with Crippen molar-refractivity contribution in [3.63, 3.8) is 0 Å². The van der Waals surface area contributed by atoms with Crippen molar-refractivity contribution >= 4 is 17.5 Å². The predicted molar refractivity (Wildman–Crippen MR) is 97.3 cm³/mol. The third-order valence-corrected chi connectivity index (χ3v) is 5.14. The van der Waals surface area contributed by atoms with Crippen molar-refractivity contribution in [2.24, 2.45) is 11.8 Å². The molecule has 1 N–H and O–H groups in total. The number of aromatic amines is 1. The van der Waals surface area contributed by atoms with Crippen molar-refractivity contribution in [3.05, 3.63) is 23.0 Å². The van der Waals surface area contributed by atoms with Crippen molar-refractivity contribution in [2.75, 3.05) is 7.11 Å². The van der Waals surface area contributed by atoms with Gasteiger partial charge in [0.05, 0.1) is 24.6 Å². The van der Waals surface area contributed by atoms with E-state index < -0.39 is 5.60 Å². The van der Waals surface area contributed by atoms with Gasteiger partial charge in [-0.3, -0.25) is 14.7 Å². The maximum atomic E-state index is 12.3. The topological polar surface area (TPSA) is 81.3 Å². The van der Waals surface area contributed by atoms with Crippen LogP contribution in [0.25, 0.3) is 5.57 Å². The van der Waals surface area contributed by atoms with Crippen LogP contribution in [0.2, 0.25) is 0 Å². The molecule has 2 aliphatic rings. The first-order valence-corrected chi connectivity index (χ1v) is 9.34. The number of H-pyrrole nitrogens is 1. The fraction of sp³-hybridized carbons (Fsp3) is 0.650. The molecule has 6 heteroatoms. The SMILES string of the molecule is COC(=O)C1CCc2c(C3=CCC(C(=O)OC(C)(C)C)CC3)n[nH]c2C1. The third kappa shape index (κ3) is 4.00. The van der Waals surface area contributed by atoms with Gasteiger partial charge >= 0.3 is 11.9 Å². The van der Waals surface area contributed by atoms with Crippen LogP contribution in [0, 0.1) is 11.8 Å². The number of esters is 2. The van der Waals surface area contributed by atoms with Crippen molar-refractivity contribution in [3.8, 4) is 0 Å². The number of hydrogen-bond acceptors (Lipinski definition) is 5. The molecule has 0 aliphatic heterocycles. The van der Waals surface area contributed by atoms with Gasteiger partial charge in [-0.1, -0.05) is 6.08 Å². The lowest BCUT2D eigenvalue weighted by Gasteiger charge is -2.26. The highest BCUT2D eigenvalue weighted by Gasteiger charge is 2.31. The van der Waals surface area contributed by atoms with Crippen LogP contribution in [-0.4, -0.2) is 34.8 Å². The number of ether oxygens (including phenoxy) is 2. The Hall–Kier alpha value is -2.11. The summed E-state index contributed by atoms with van der Waals surface area (Å²) in [6, 6.07) is 0. The summed E-state index contributed by atoms with van der Waals surface area (Å²) in [5, 5.41) is 7.62. The zero-order chi connectivity index (χ0) is 18.9. The van der Waals surface area contributed by atoms with Gasteiger partial charge in [0.2, 0.25) is 0 Å². The lowest BCUT2D eigenvalue weighted by molar-refractivity contribution is -0.160. The van der Waals surface area contributed by atoms with E-state index >= 15 is 0 Å². The van der Waals surface area contributed by atoms with Crippen LogP contribution in [0.15, 0.2) is 6.08 Å². The van der Waals surface area contributed by atoms with Gasteiger partial charge in [0.15, 0.2) is 0 Å². The van der Waals surface area contributed by atoms with E-state index in [1.807, 2.05) is 20.8 Å². The molecule has 2 atom stereocenters. The molecule has 3 rings (SSSR count). The van der Waals surface area contributed by atoms with Gasteiger partial charge in [-0.2, -0.15) is 5.10 Å². The Kier molecular flexibility index (Phi) is 5.21. The average Bonchev–Trinajstić information content (AvgIpc) is 3.02. The van der Waals surface area contributed by atoms with E-state index in [4.69, 9.17) is 9.47 Å². The number of carbonyl (C=O) groups is 2. The minimum Gasteiger partial charge on any atom is -0.469 e. The standard InChI is InChI=1S/C20H28N2O4/c1-20(2,3)26-19(24)13-7-5-12(6-8-13)17-15-10-9-14(18(23)25-4)11-16(15)21-22-17/h5,13-14H,6-11H2,1-4H3,(H,21,22).